The molecule has 0 unspecified atom stereocenters. The van der Waals surface area contributed by atoms with Gasteiger partial charge in [0, 0.05) is 32.2 Å². The van der Waals surface area contributed by atoms with E-state index in [0.717, 1.165) is 43.7 Å². The second kappa shape index (κ2) is 7.19. The maximum atomic E-state index is 12.8. The first-order valence-corrected chi connectivity index (χ1v) is 11.0. The molecule has 27 heavy (non-hydrogen) atoms. The second-order valence-electron chi connectivity index (χ2n) is 7.70. The molecule has 2 aromatic rings. The van der Waals surface area contributed by atoms with Gasteiger partial charge >= 0.3 is 0 Å². The molecule has 0 atom stereocenters. The Balaban J connectivity index is 1.26. The van der Waals surface area contributed by atoms with Crippen LogP contribution in [0.5, 0.6) is 0 Å². The van der Waals surface area contributed by atoms with Gasteiger partial charge in [-0.1, -0.05) is 36.0 Å². The summed E-state index contributed by atoms with van der Waals surface area (Å²) in [5.41, 5.74) is 2.65. The standard InChI is InChI=1S/C20H25N5OS/c26-18(24-12-9-15-5-1-2-6-16(15)13-24)14-27-20-22-21-19(23-10-3-4-11-23)25(20)17-7-8-17/h1-2,5-6,17H,3-4,7-14H2. The number of fused-ring (bicyclic) bond motifs is 1. The van der Waals surface area contributed by atoms with Crippen LogP contribution in [0.1, 0.15) is 42.9 Å². The van der Waals surface area contributed by atoms with Gasteiger partial charge in [-0.15, -0.1) is 10.2 Å². The van der Waals surface area contributed by atoms with Gasteiger partial charge in [-0.3, -0.25) is 9.36 Å². The maximum Gasteiger partial charge on any atom is 0.233 e. The summed E-state index contributed by atoms with van der Waals surface area (Å²) in [4.78, 5) is 17.1. The summed E-state index contributed by atoms with van der Waals surface area (Å²) >= 11 is 1.55. The molecule has 1 saturated heterocycles. The van der Waals surface area contributed by atoms with Gasteiger partial charge in [0.2, 0.25) is 11.9 Å². The summed E-state index contributed by atoms with van der Waals surface area (Å²) in [5.74, 6) is 1.65. The molecule has 1 saturated carbocycles. The number of benzene rings is 1. The zero-order valence-corrected chi connectivity index (χ0v) is 16.3. The van der Waals surface area contributed by atoms with Crippen LogP contribution >= 0.6 is 11.8 Å². The fourth-order valence-electron chi connectivity index (χ4n) is 4.08. The third-order valence-corrected chi connectivity index (χ3v) is 6.68. The lowest BCUT2D eigenvalue weighted by Gasteiger charge is -2.28. The lowest BCUT2D eigenvalue weighted by atomic mass is 10.00. The first-order valence-electron chi connectivity index (χ1n) is 9.97. The van der Waals surface area contributed by atoms with Crippen molar-refractivity contribution in [3.05, 3.63) is 35.4 Å². The zero-order chi connectivity index (χ0) is 18.2. The molecule has 1 aromatic carbocycles. The van der Waals surface area contributed by atoms with Crippen molar-refractivity contribution in [1.29, 1.82) is 0 Å². The largest absolute Gasteiger partial charge is 0.341 e. The number of hydrogen-bond acceptors (Lipinski definition) is 5. The molecule has 142 valence electrons. The molecular weight excluding hydrogens is 358 g/mol. The third kappa shape index (κ3) is 3.45. The van der Waals surface area contributed by atoms with E-state index < -0.39 is 0 Å². The molecule has 2 aliphatic heterocycles. The van der Waals surface area contributed by atoms with Crippen LogP contribution in [0, 0.1) is 0 Å². The third-order valence-electron chi connectivity index (χ3n) is 5.76. The van der Waals surface area contributed by atoms with Crippen LogP contribution in [-0.2, 0) is 17.8 Å². The van der Waals surface area contributed by atoms with Gasteiger partial charge in [0.25, 0.3) is 0 Å². The van der Waals surface area contributed by atoms with Crippen LogP contribution < -0.4 is 4.90 Å². The Hall–Kier alpha value is -2.02. The van der Waals surface area contributed by atoms with E-state index >= 15 is 0 Å². The van der Waals surface area contributed by atoms with Crippen molar-refractivity contribution in [2.75, 3.05) is 30.3 Å². The minimum atomic E-state index is 0.197. The van der Waals surface area contributed by atoms with Gasteiger partial charge in [-0.25, -0.2) is 0 Å². The highest BCUT2D eigenvalue weighted by molar-refractivity contribution is 7.99. The average Bonchev–Trinajstić information content (AvgIpc) is 3.23. The molecule has 3 heterocycles. The summed E-state index contributed by atoms with van der Waals surface area (Å²) in [6, 6.07) is 8.96. The molecule has 1 aliphatic carbocycles. The Morgan fingerprint density at radius 3 is 2.63 bits per heavy atom. The summed E-state index contributed by atoms with van der Waals surface area (Å²) in [5, 5.41) is 9.82. The summed E-state index contributed by atoms with van der Waals surface area (Å²) < 4.78 is 2.29. The van der Waals surface area contributed by atoms with Crippen LogP contribution in [0.4, 0.5) is 5.95 Å². The number of aromatic nitrogens is 3. The van der Waals surface area contributed by atoms with E-state index in [0.29, 0.717) is 11.8 Å². The van der Waals surface area contributed by atoms with Crippen LogP contribution in [0.25, 0.3) is 0 Å². The molecule has 0 radical (unpaired) electrons. The number of carbonyl (C=O) groups excluding carboxylic acids is 1. The molecule has 3 aliphatic rings. The van der Waals surface area contributed by atoms with Crippen molar-refractivity contribution in [3.8, 4) is 0 Å². The lowest BCUT2D eigenvalue weighted by molar-refractivity contribution is -0.129. The highest BCUT2D eigenvalue weighted by Gasteiger charge is 2.32. The van der Waals surface area contributed by atoms with E-state index in [1.54, 1.807) is 11.8 Å². The summed E-state index contributed by atoms with van der Waals surface area (Å²) in [6.07, 6.45) is 5.81. The monoisotopic (exact) mass is 383 g/mol. The first kappa shape index (κ1) is 17.1. The van der Waals surface area contributed by atoms with Crippen molar-refractivity contribution in [3.63, 3.8) is 0 Å². The fourth-order valence-corrected chi connectivity index (χ4v) is 4.98. The fraction of sp³-hybridized carbons (Fsp3) is 0.550. The van der Waals surface area contributed by atoms with E-state index in [2.05, 4.69) is 43.9 Å². The highest BCUT2D eigenvalue weighted by Crippen LogP contribution is 2.41. The SMILES string of the molecule is O=C(CSc1nnc(N2CCCC2)n1C1CC1)N1CCc2ccccc2C1. The van der Waals surface area contributed by atoms with Gasteiger partial charge in [-0.2, -0.15) is 0 Å². The number of amides is 1. The topological polar surface area (TPSA) is 54.3 Å². The molecule has 1 amide bonds. The Labute approximate surface area is 163 Å². The number of carbonyl (C=O) groups is 1. The van der Waals surface area contributed by atoms with Crippen LogP contribution in [-0.4, -0.2) is 51.0 Å². The van der Waals surface area contributed by atoms with Crippen molar-refractivity contribution in [1.82, 2.24) is 19.7 Å². The minimum Gasteiger partial charge on any atom is -0.341 e. The molecule has 5 rings (SSSR count). The number of anilines is 1. The molecule has 1 aromatic heterocycles. The predicted molar refractivity (Wildman–Crippen MR) is 106 cm³/mol. The van der Waals surface area contributed by atoms with E-state index in [-0.39, 0.29) is 5.91 Å². The van der Waals surface area contributed by atoms with Crippen LogP contribution in [0.15, 0.2) is 29.4 Å². The molecule has 2 fully saturated rings. The maximum absolute atomic E-state index is 12.8. The first-order chi connectivity index (χ1) is 13.3. The highest BCUT2D eigenvalue weighted by atomic mass is 32.2. The Morgan fingerprint density at radius 1 is 1.07 bits per heavy atom. The molecular formula is C20H25N5OS. The molecule has 0 N–H and O–H groups in total. The van der Waals surface area contributed by atoms with Gasteiger partial charge in [-0.05, 0) is 43.2 Å². The van der Waals surface area contributed by atoms with Gasteiger partial charge in [0.05, 0.1) is 5.75 Å². The van der Waals surface area contributed by atoms with E-state index in [4.69, 9.17) is 0 Å². The quantitative estimate of drug-likeness (QED) is 0.743. The van der Waals surface area contributed by atoms with E-state index in [1.165, 1.54) is 36.8 Å². The zero-order valence-electron chi connectivity index (χ0n) is 15.5. The Morgan fingerprint density at radius 2 is 1.85 bits per heavy atom. The van der Waals surface area contributed by atoms with Crippen LogP contribution in [0.3, 0.4) is 0 Å². The number of hydrogen-bond donors (Lipinski definition) is 0. The number of rotatable bonds is 5. The molecule has 0 spiro atoms. The lowest BCUT2D eigenvalue weighted by Crippen LogP contribution is -2.37. The smallest absolute Gasteiger partial charge is 0.233 e. The van der Waals surface area contributed by atoms with E-state index in [9.17, 15) is 4.79 Å². The number of thioether (sulfide) groups is 1. The molecule has 6 nitrogen and oxygen atoms in total. The normalized spacial score (nSPS) is 19.4. The van der Waals surface area contributed by atoms with E-state index in [1.807, 2.05) is 4.90 Å². The molecule has 7 heteroatoms. The molecule has 0 bridgehead atoms. The van der Waals surface area contributed by atoms with Crippen molar-refractivity contribution in [2.24, 2.45) is 0 Å². The van der Waals surface area contributed by atoms with Gasteiger partial charge in [0.1, 0.15) is 0 Å². The van der Waals surface area contributed by atoms with Crippen LogP contribution in [0.2, 0.25) is 0 Å². The average molecular weight is 384 g/mol. The van der Waals surface area contributed by atoms with Gasteiger partial charge < -0.3 is 9.80 Å². The van der Waals surface area contributed by atoms with Crippen molar-refractivity contribution >= 4 is 23.6 Å². The number of nitrogens with zero attached hydrogens (tertiary/aromatic N) is 5. The Bertz CT molecular complexity index is 841. The van der Waals surface area contributed by atoms with Crippen molar-refractivity contribution in [2.45, 2.75) is 49.8 Å². The summed E-state index contributed by atoms with van der Waals surface area (Å²) in [7, 11) is 0. The minimum absolute atomic E-state index is 0.197. The Kier molecular flexibility index (Phi) is 4.55. The predicted octanol–water partition coefficient (Wildman–Crippen LogP) is 2.89. The second-order valence-corrected chi connectivity index (χ2v) is 8.64. The summed E-state index contributed by atoms with van der Waals surface area (Å²) in [6.45, 7) is 3.68. The van der Waals surface area contributed by atoms with Crippen molar-refractivity contribution < 1.29 is 4.79 Å². The van der Waals surface area contributed by atoms with Gasteiger partial charge in [0.15, 0.2) is 5.16 Å².